The van der Waals surface area contributed by atoms with E-state index in [1.807, 2.05) is 30.5 Å². The van der Waals surface area contributed by atoms with Gasteiger partial charge in [-0.1, -0.05) is 33.6 Å². The molecule has 0 fully saturated rings. The number of ether oxygens (including phenoxy) is 1. The van der Waals surface area contributed by atoms with Crippen LogP contribution in [0.15, 0.2) is 28.1 Å². The van der Waals surface area contributed by atoms with Crippen LogP contribution in [0.5, 0.6) is 5.75 Å². The van der Waals surface area contributed by atoms with Crippen molar-refractivity contribution in [1.29, 1.82) is 0 Å². The molecule has 0 amide bonds. The highest BCUT2D eigenvalue weighted by molar-refractivity contribution is 9.10. The summed E-state index contributed by atoms with van der Waals surface area (Å²) in [5.74, 6) is 0.797. The number of thiophene rings is 1. The summed E-state index contributed by atoms with van der Waals surface area (Å²) in [5, 5.41) is 2.78. The second kappa shape index (κ2) is 5.61. The van der Waals surface area contributed by atoms with Crippen molar-refractivity contribution in [3.05, 3.63) is 49.1 Å². The van der Waals surface area contributed by atoms with E-state index in [0.717, 1.165) is 31.2 Å². The number of nitrogens with two attached hydrogens (primary N) is 1. The first-order valence-electron chi connectivity index (χ1n) is 5.37. The van der Waals surface area contributed by atoms with Gasteiger partial charge in [0.15, 0.2) is 0 Å². The first-order chi connectivity index (χ1) is 8.54. The Kier molecular flexibility index (Phi) is 4.33. The van der Waals surface area contributed by atoms with Gasteiger partial charge >= 0.3 is 0 Å². The predicted molar refractivity (Wildman–Crippen MR) is 80.8 cm³/mol. The Morgan fingerprint density at radius 1 is 1.44 bits per heavy atom. The quantitative estimate of drug-likeness (QED) is 0.886. The van der Waals surface area contributed by atoms with E-state index in [4.69, 9.17) is 22.1 Å². The third-order valence-corrected chi connectivity index (χ3v) is 5.23. The highest BCUT2D eigenvalue weighted by Crippen LogP contribution is 2.37. The highest BCUT2D eigenvalue weighted by Gasteiger charge is 2.18. The summed E-state index contributed by atoms with van der Waals surface area (Å²) in [7, 11) is 1.64. The van der Waals surface area contributed by atoms with E-state index in [-0.39, 0.29) is 6.04 Å². The van der Waals surface area contributed by atoms with E-state index in [0.29, 0.717) is 0 Å². The maximum atomic E-state index is 6.28. The fraction of sp³-hybridized carbons (Fsp3) is 0.231. The van der Waals surface area contributed by atoms with Gasteiger partial charge in [-0.25, -0.2) is 0 Å². The lowest BCUT2D eigenvalue weighted by Crippen LogP contribution is -2.11. The molecule has 0 bridgehead atoms. The molecule has 1 aromatic carbocycles. The molecule has 96 valence electrons. The molecule has 18 heavy (non-hydrogen) atoms. The summed E-state index contributed by atoms with van der Waals surface area (Å²) >= 11 is 11.4. The molecule has 0 aliphatic carbocycles. The van der Waals surface area contributed by atoms with E-state index in [1.165, 1.54) is 0 Å². The van der Waals surface area contributed by atoms with Gasteiger partial charge in [-0.15, -0.1) is 11.3 Å². The van der Waals surface area contributed by atoms with Gasteiger partial charge in [0, 0.05) is 9.35 Å². The molecule has 0 saturated heterocycles. The van der Waals surface area contributed by atoms with Crippen LogP contribution >= 0.6 is 38.9 Å². The number of rotatable bonds is 3. The first kappa shape index (κ1) is 13.9. The lowest BCUT2D eigenvalue weighted by atomic mass is 10.1. The molecule has 2 N–H and O–H groups in total. The molecule has 1 aromatic heterocycles. The molecular formula is C13H13BrClNOS. The molecule has 0 aliphatic heterocycles. The van der Waals surface area contributed by atoms with Gasteiger partial charge in [-0.05, 0) is 35.6 Å². The maximum Gasteiger partial charge on any atom is 0.120 e. The van der Waals surface area contributed by atoms with E-state index in [1.54, 1.807) is 18.4 Å². The van der Waals surface area contributed by atoms with Crippen LogP contribution in [0, 0.1) is 6.92 Å². The zero-order chi connectivity index (χ0) is 13.3. The van der Waals surface area contributed by atoms with Gasteiger partial charge in [0.2, 0.25) is 0 Å². The SMILES string of the molecule is COc1ccc(C(N)c2scc(C)c2Cl)c(Br)c1. The molecule has 1 heterocycles. The van der Waals surface area contributed by atoms with Gasteiger partial charge in [0.05, 0.1) is 18.2 Å². The Hall–Kier alpha value is -0.550. The average molecular weight is 347 g/mol. The van der Waals surface area contributed by atoms with Crippen molar-refractivity contribution in [2.75, 3.05) is 7.11 Å². The van der Waals surface area contributed by atoms with Crippen LogP contribution in [0.1, 0.15) is 22.0 Å². The number of benzene rings is 1. The minimum Gasteiger partial charge on any atom is -0.497 e. The van der Waals surface area contributed by atoms with Crippen molar-refractivity contribution in [2.45, 2.75) is 13.0 Å². The Labute approximate surface area is 124 Å². The summed E-state index contributed by atoms with van der Waals surface area (Å²) in [4.78, 5) is 0.986. The van der Waals surface area contributed by atoms with Crippen molar-refractivity contribution in [1.82, 2.24) is 0 Å². The lowest BCUT2D eigenvalue weighted by Gasteiger charge is -2.14. The summed E-state index contributed by atoms with van der Waals surface area (Å²) in [6.07, 6.45) is 0. The van der Waals surface area contributed by atoms with Gasteiger partial charge < -0.3 is 10.5 Å². The van der Waals surface area contributed by atoms with Crippen LogP contribution in [0.2, 0.25) is 5.02 Å². The Balaban J connectivity index is 2.40. The predicted octanol–water partition coefficient (Wildman–Crippen LogP) is 4.53. The molecule has 2 aromatic rings. The normalized spacial score (nSPS) is 12.5. The smallest absolute Gasteiger partial charge is 0.120 e. The summed E-state index contributed by atoms with van der Waals surface area (Å²) in [5.41, 5.74) is 8.34. The Morgan fingerprint density at radius 3 is 2.67 bits per heavy atom. The van der Waals surface area contributed by atoms with E-state index >= 15 is 0 Å². The van der Waals surface area contributed by atoms with Crippen molar-refractivity contribution in [3.8, 4) is 5.75 Å². The largest absolute Gasteiger partial charge is 0.497 e. The molecule has 2 rings (SSSR count). The number of hydrogen-bond acceptors (Lipinski definition) is 3. The maximum absolute atomic E-state index is 6.28. The topological polar surface area (TPSA) is 35.2 Å². The minimum atomic E-state index is -0.225. The van der Waals surface area contributed by atoms with E-state index in [9.17, 15) is 0 Å². The van der Waals surface area contributed by atoms with Crippen molar-refractivity contribution in [2.24, 2.45) is 5.73 Å². The summed E-state index contributed by atoms with van der Waals surface area (Å²) in [6.45, 7) is 1.98. The van der Waals surface area contributed by atoms with Crippen LogP contribution < -0.4 is 10.5 Å². The first-order valence-corrected chi connectivity index (χ1v) is 7.42. The van der Waals surface area contributed by atoms with Crippen molar-refractivity contribution < 1.29 is 4.74 Å². The third kappa shape index (κ3) is 2.57. The molecule has 0 radical (unpaired) electrons. The van der Waals surface area contributed by atoms with Gasteiger partial charge in [-0.3, -0.25) is 0 Å². The zero-order valence-corrected chi connectivity index (χ0v) is 13.2. The molecule has 0 spiro atoms. The van der Waals surface area contributed by atoms with Crippen LogP contribution in [-0.2, 0) is 0 Å². The highest BCUT2D eigenvalue weighted by atomic mass is 79.9. The lowest BCUT2D eigenvalue weighted by molar-refractivity contribution is 0.414. The molecule has 5 heteroatoms. The molecular weight excluding hydrogens is 334 g/mol. The standard InChI is InChI=1S/C13H13BrClNOS/c1-7-6-18-13(11(7)15)12(16)9-4-3-8(17-2)5-10(9)14/h3-6,12H,16H2,1-2H3. The van der Waals surface area contributed by atoms with Crippen LogP contribution in [0.25, 0.3) is 0 Å². The van der Waals surface area contributed by atoms with E-state index < -0.39 is 0 Å². The van der Waals surface area contributed by atoms with Crippen molar-refractivity contribution in [3.63, 3.8) is 0 Å². The molecule has 2 nitrogen and oxygen atoms in total. The van der Waals surface area contributed by atoms with E-state index in [2.05, 4.69) is 15.9 Å². The fourth-order valence-electron chi connectivity index (χ4n) is 1.69. The molecule has 1 unspecified atom stereocenters. The Bertz CT molecular complexity index is 570. The second-order valence-electron chi connectivity index (χ2n) is 3.96. The second-order valence-corrected chi connectivity index (χ2v) is 6.11. The summed E-state index contributed by atoms with van der Waals surface area (Å²) in [6, 6.07) is 5.54. The molecule has 1 atom stereocenters. The summed E-state index contributed by atoms with van der Waals surface area (Å²) < 4.78 is 6.10. The number of halogens is 2. The molecule has 0 aliphatic rings. The number of methoxy groups -OCH3 is 1. The van der Waals surface area contributed by atoms with Gasteiger partial charge in [-0.2, -0.15) is 0 Å². The van der Waals surface area contributed by atoms with Crippen molar-refractivity contribution >= 4 is 38.9 Å². The average Bonchev–Trinajstić information content (AvgIpc) is 2.69. The fourth-order valence-corrected chi connectivity index (χ4v) is 3.62. The molecule has 0 saturated carbocycles. The number of hydrogen-bond donors (Lipinski definition) is 1. The third-order valence-electron chi connectivity index (χ3n) is 2.75. The number of aryl methyl sites for hydroxylation is 1. The van der Waals surface area contributed by atoms with Crippen LogP contribution in [0.4, 0.5) is 0 Å². The Morgan fingerprint density at radius 2 is 2.17 bits per heavy atom. The van der Waals surface area contributed by atoms with Crippen LogP contribution in [-0.4, -0.2) is 7.11 Å². The monoisotopic (exact) mass is 345 g/mol. The zero-order valence-electron chi connectivity index (χ0n) is 10.0. The van der Waals surface area contributed by atoms with Gasteiger partial charge in [0.25, 0.3) is 0 Å². The van der Waals surface area contributed by atoms with Crippen LogP contribution in [0.3, 0.4) is 0 Å². The minimum absolute atomic E-state index is 0.225. The van der Waals surface area contributed by atoms with Gasteiger partial charge in [0.1, 0.15) is 5.75 Å².